The van der Waals surface area contributed by atoms with Gasteiger partial charge in [0.05, 0.1) is 5.39 Å². The first-order valence-corrected chi connectivity index (χ1v) is 8.72. The van der Waals surface area contributed by atoms with E-state index >= 15 is 0 Å². The van der Waals surface area contributed by atoms with Gasteiger partial charge in [0, 0.05) is 43.2 Å². The van der Waals surface area contributed by atoms with Gasteiger partial charge in [0.1, 0.15) is 17.0 Å². The molecule has 0 saturated carbocycles. The second-order valence-corrected chi connectivity index (χ2v) is 6.78. The van der Waals surface area contributed by atoms with Gasteiger partial charge in [-0.2, -0.15) is 13.2 Å². The van der Waals surface area contributed by atoms with Crippen LogP contribution in [0.2, 0.25) is 0 Å². The maximum atomic E-state index is 12.2. The van der Waals surface area contributed by atoms with E-state index < -0.39 is 12.1 Å². The molecule has 2 aromatic rings. The van der Waals surface area contributed by atoms with E-state index in [9.17, 15) is 18.0 Å². The minimum absolute atomic E-state index is 0.0205. The Morgan fingerprint density at radius 1 is 1.28 bits per heavy atom. The Labute approximate surface area is 146 Å². The predicted octanol–water partition coefficient (Wildman–Crippen LogP) is 3.02. The molecule has 3 rings (SSSR count). The third-order valence-corrected chi connectivity index (χ3v) is 5.20. The van der Waals surface area contributed by atoms with Crippen molar-refractivity contribution in [1.82, 2.24) is 14.9 Å². The Balaban J connectivity index is 1.69. The number of amides is 1. The van der Waals surface area contributed by atoms with Crippen molar-refractivity contribution in [2.75, 3.05) is 31.1 Å². The molecule has 5 nitrogen and oxygen atoms in total. The van der Waals surface area contributed by atoms with E-state index in [0.29, 0.717) is 32.3 Å². The van der Waals surface area contributed by atoms with Crippen molar-refractivity contribution < 1.29 is 18.0 Å². The molecule has 0 aliphatic carbocycles. The normalized spacial score (nSPS) is 16.2. The highest BCUT2D eigenvalue weighted by Gasteiger charge is 2.26. The zero-order valence-corrected chi connectivity index (χ0v) is 14.4. The van der Waals surface area contributed by atoms with Crippen LogP contribution in [-0.4, -0.2) is 53.1 Å². The van der Waals surface area contributed by atoms with Crippen LogP contribution in [0.1, 0.15) is 11.8 Å². The van der Waals surface area contributed by atoms with Gasteiger partial charge in [0.2, 0.25) is 5.91 Å². The molecule has 2 aromatic heterocycles. The molecule has 1 fully saturated rings. The average Bonchev–Trinajstić information content (AvgIpc) is 3.02. The lowest BCUT2D eigenvalue weighted by atomic mass is 10.2. The van der Waals surface area contributed by atoms with Crippen LogP contribution in [0.3, 0.4) is 0 Å². The quantitative estimate of drug-likeness (QED) is 0.780. The summed E-state index contributed by atoms with van der Waals surface area (Å²) in [6.07, 6.45) is -1.45. The van der Waals surface area contributed by atoms with E-state index in [1.165, 1.54) is 16.1 Å². The van der Waals surface area contributed by atoms with Crippen molar-refractivity contribution in [3.63, 3.8) is 0 Å². The van der Waals surface area contributed by atoms with Gasteiger partial charge in [0.15, 0.2) is 0 Å². The number of allylic oxidation sites excluding steroid dienone is 1. The van der Waals surface area contributed by atoms with Crippen molar-refractivity contribution >= 4 is 33.3 Å². The van der Waals surface area contributed by atoms with E-state index in [4.69, 9.17) is 0 Å². The van der Waals surface area contributed by atoms with Gasteiger partial charge in [-0.1, -0.05) is 6.92 Å². The third kappa shape index (κ3) is 4.09. The van der Waals surface area contributed by atoms with Gasteiger partial charge in [-0.05, 0) is 12.5 Å². The Morgan fingerprint density at radius 3 is 2.64 bits per heavy atom. The highest BCUT2D eigenvalue weighted by Crippen LogP contribution is 2.31. The number of aryl methyl sites for hydroxylation is 1. The molecule has 1 aliphatic rings. The number of rotatable bonds is 3. The number of carbonyl (C=O) groups is 1. The number of fused-ring (bicyclic) bond motifs is 1. The van der Waals surface area contributed by atoms with E-state index in [0.717, 1.165) is 22.5 Å². The smallest absolute Gasteiger partial charge is 0.352 e. The largest absolute Gasteiger partial charge is 0.409 e. The summed E-state index contributed by atoms with van der Waals surface area (Å²) >= 11 is 1.63. The van der Waals surface area contributed by atoms with Gasteiger partial charge in [0.25, 0.3) is 0 Å². The lowest BCUT2D eigenvalue weighted by Crippen LogP contribution is -2.48. The summed E-state index contributed by atoms with van der Waals surface area (Å²) in [6, 6.07) is 2.08. The van der Waals surface area contributed by atoms with Crippen LogP contribution in [-0.2, 0) is 11.2 Å². The van der Waals surface area contributed by atoms with Gasteiger partial charge < -0.3 is 9.80 Å². The molecule has 9 heteroatoms. The first kappa shape index (κ1) is 17.7. The zero-order chi connectivity index (χ0) is 18.0. The van der Waals surface area contributed by atoms with E-state index in [1.807, 2.05) is 4.90 Å². The second-order valence-electron chi connectivity index (χ2n) is 5.67. The first-order valence-electron chi connectivity index (χ1n) is 7.90. The fourth-order valence-corrected chi connectivity index (χ4v) is 3.66. The number of piperazine rings is 1. The summed E-state index contributed by atoms with van der Waals surface area (Å²) in [5, 5.41) is 0.987. The molecule has 0 unspecified atom stereocenters. The SMILES string of the molecule is CCc1cc2c(N3CCN(C(=O)C=CC(F)(F)F)CC3)ncnc2s1. The fourth-order valence-electron chi connectivity index (χ4n) is 2.73. The van der Waals surface area contributed by atoms with Gasteiger partial charge in [-0.3, -0.25) is 4.79 Å². The fraction of sp³-hybridized carbons (Fsp3) is 0.438. The average molecular weight is 370 g/mol. The van der Waals surface area contributed by atoms with Gasteiger partial charge in [-0.25, -0.2) is 9.97 Å². The molecule has 0 bridgehead atoms. The van der Waals surface area contributed by atoms with Crippen molar-refractivity contribution in [2.24, 2.45) is 0 Å². The van der Waals surface area contributed by atoms with Crippen LogP contribution in [0.5, 0.6) is 0 Å². The molecular weight excluding hydrogens is 353 g/mol. The lowest BCUT2D eigenvalue weighted by molar-refractivity contribution is -0.127. The molecule has 0 atom stereocenters. The Morgan fingerprint density at radius 2 is 2.00 bits per heavy atom. The predicted molar refractivity (Wildman–Crippen MR) is 90.8 cm³/mol. The maximum absolute atomic E-state index is 12.2. The standard InChI is InChI=1S/C16H17F3N4OS/c1-2-11-9-12-14(20-10-21-15(12)25-11)23-7-5-22(6-8-23)13(24)3-4-16(17,18)19/h3-4,9-10H,2,5-8H2,1H3. The highest BCUT2D eigenvalue weighted by atomic mass is 32.1. The molecule has 0 N–H and O–H groups in total. The molecule has 1 aliphatic heterocycles. The molecule has 3 heterocycles. The van der Waals surface area contributed by atoms with Crippen LogP contribution in [0.15, 0.2) is 24.5 Å². The van der Waals surface area contributed by atoms with Crippen LogP contribution in [0, 0.1) is 0 Å². The molecule has 134 valence electrons. The van der Waals surface area contributed by atoms with E-state index in [-0.39, 0.29) is 6.08 Å². The van der Waals surface area contributed by atoms with Crippen LogP contribution >= 0.6 is 11.3 Å². The molecule has 0 spiro atoms. The van der Waals surface area contributed by atoms with Crippen LogP contribution in [0.25, 0.3) is 10.2 Å². The Kier molecular flexibility index (Phi) is 4.94. The number of hydrogen-bond acceptors (Lipinski definition) is 5. The molecular formula is C16H17F3N4OS. The highest BCUT2D eigenvalue weighted by molar-refractivity contribution is 7.18. The number of alkyl halides is 3. The topological polar surface area (TPSA) is 49.3 Å². The van der Waals surface area contributed by atoms with Crippen molar-refractivity contribution in [3.8, 4) is 0 Å². The van der Waals surface area contributed by atoms with Gasteiger partial charge >= 0.3 is 6.18 Å². The molecule has 1 amide bonds. The van der Waals surface area contributed by atoms with Gasteiger partial charge in [-0.15, -0.1) is 11.3 Å². The molecule has 0 radical (unpaired) electrons. The molecule has 0 aromatic carbocycles. The number of carbonyl (C=O) groups excluding carboxylic acids is 1. The van der Waals surface area contributed by atoms with E-state index in [1.54, 1.807) is 11.3 Å². The maximum Gasteiger partial charge on any atom is 0.409 e. The minimum atomic E-state index is -4.47. The number of thiophene rings is 1. The number of hydrogen-bond donors (Lipinski definition) is 0. The Bertz CT molecular complexity index is 794. The molecule has 1 saturated heterocycles. The number of nitrogens with zero attached hydrogens (tertiary/aromatic N) is 4. The van der Waals surface area contributed by atoms with Crippen LogP contribution in [0.4, 0.5) is 19.0 Å². The zero-order valence-electron chi connectivity index (χ0n) is 13.6. The summed E-state index contributed by atoms with van der Waals surface area (Å²) in [7, 11) is 0. The van der Waals surface area contributed by atoms with Crippen LogP contribution < -0.4 is 4.90 Å². The summed E-state index contributed by atoms with van der Waals surface area (Å²) in [5.41, 5.74) is 0. The number of halogens is 3. The van der Waals surface area contributed by atoms with E-state index in [2.05, 4.69) is 23.0 Å². The third-order valence-electron chi connectivity index (χ3n) is 4.01. The summed E-state index contributed by atoms with van der Waals surface area (Å²) < 4.78 is 36.5. The Hall–Kier alpha value is -2.16. The lowest BCUT2D eigenvalue weighted by Gasteiger charge is -2.35. The summed E-state index contributed by atoms with van der Waals surface area (Å²) in [4.78, 5) is 26.1. The second kappa shape index (κ2) is 6.99. The number of anilines is 1. The van der Waals surface area contributed by atoms with Crippen molar-refractivity contribution in [3.05, 3.63) is 29.4 Å². The minimum Gasteiger partial charge on any atom is -0.352 e. The first-order chi connectivity index (χ1) is 11.9. The van der Waals surface area contributed by atoms with Crippen molar-refractivity contribution in [1.29, 1.82) is 0 Å². The summed E-state index contributed by atoms with van der Waals surface area (Å²) in [6.45, 7) is 3.84. The summed E-state index contributed by atoms with van der Waals surface area (Å²) in [5.74, 6) is 0.201. The monoisotopic (exact) mass is 370 g/mol. The molecule has 25 heavy (non-hydrogen) atoms. The number of aromatic nitrogens is 2. The van der Waals surface area contributed by atoms with Crippen molar-refractivity contribution in [2.45, 2.75) is 19.5 Å².